The molecule has 3 rings (SSSR count). The van der Waals surface area contributed by atoms with Crippen molar-refractivity contribution in [3.05, 3.63) is 29.8 Å². The Labute approximate surface area is 192 Å². The molecule has 0 radical (unpaired) electrons. The lowest BCUT2D eigenvalue weighted by molar-refractivity contribution is -0.140. The summed E-state index contributed by atoms with van der Waals surface area (Å²) in [6.45, 7) is 10.0. The van der Waals surface area contributed by atoms with E-state index in [1.165, 1.54) is 4.31 Å². The third-order valence-electron chi connectivity index (χ3n) is 7.01. The van der Waals surface area contributed by atoms with Gasteiger partial charge in [0.15, 0.2) is 0 Å². The van der Waals surface area contributed by atoms with Crippen molar-refractivity contribution in [1.82, 2.24) is 14.5 Å². The Hall–Kier alpha value is -1.93. The van der Waals surface area contributed by atoms with Gasteiger partial charge in [-0.3, -0.25) is 9.59 Å². The van der Waals surface area contributed by atoms with E-state index in [-0.39, 0.29) is 29.7 Å². The molecule has 0 aliphatic carbocycles. The summed E-state index contributed by atoms with van der Waals surface area (Å²) in [5, 5.41) is 3.09. The van der Waals surface area contributed by atoms with Crippen molar-refractivity contribution >= 4 is 21.8 Å². The molecule has 2 aliphatic heterocycles. The average molecular weight is 464 g/mol. The minimum atomic E-state index is -3.52. The number of piperidine rings is 2. The molecule has 0 spiro atoms. The third kappa shape index (κ3) is 5.70. The second-order valence-electron chi connectivity index (χ2n) is 9.63. The molecule has 32 heavy (non-hydrogen) atoms. The molecule has 8 heteroatoms. The topological polar surface area (TPSA) is 86.8 Å². The summed E-state index contributed by atoms with van der Waals surface area (Å²) in [6.07, 6.45) is 2.44. The van der Waals surface area contributed by atoms with Gasteiger partial charge in [-0.2, -0.15) is 4.31 Å². The molecule has 1 atom stereocenters. The first-order valence-electron chi connectivity index (χ1n) is 11.8. The first kappa shape index (κ1) is 24.7. The van der Waals surface area contributed by atoms with Crippen LogP contribution in [0.5, 0.6) is 0 Å². The van der Waals surface area contributed by atoms with Crippen LogP contribution in [0.4, 0.5) is 0 Å². The third-order valence-corrected chi connectivity index (χ3v) is 8.92. The Morgan fingerprint density at radius 1 is 0.906 bits per heavy atom. The lowest BCUT2D eigenvalue weighted by atomic mass is 9.92. The maximum Gasteiger partial charge on any atom is 0.243 e. The van der Waals surface area contributed by atoms with Gasteiger partial charge in [0.05, 0.1) is 4.90 Å². The second-order valence-corrected chi connectivity index (χ2v) is 11.6. The number of sulfonamides is 1. The average Bonchev–Trinajstić information content (AvgIpc) is 2.79. The molecule has 2 amide bonds. The summed E-state index contributed by atoms with van der Waals surface area (Å²) in [4.78, 5) is 27.7. The highest BCUT2D eigenvalue weighted by molar-refractivity contribution is 7.89. The highest BCUT2D eigenvalue weighted by atomic mass is 32.2. The summed E-state index contributed by atoms with van der Waals surface area (Å²) >= 11 is 0. The molecule has 0 aromatic heterocycles. The van der Waals surface area contributed by atoms with Crippen LogP contribution in [0.1, 0.15) is 52.0 Å². The number of likely N-dealkylation sites (tertiary alicyclic amines) is 1. The van der Waals surface area contributed by atoms with Gasteiger partial charge in [0.2, 0.25) is 21.8 Å². The summed E-state index contributed by atoms with van der Waals surface area (Å²) in [5.41, 5.74) is 1.02. The van der Waals surface area contributed by atoms with Gasteiger partial charge < -0.3 is 10.2 Å². The van der Waals surface area contributed by atoms with Gasteiger partial charge in [-0.1, -0.05) is 31.5 Å². The summed E-state index contributed by atoms with van der Waals surface area (Å²) < 4.78 is 27.3. The number of hydrogen-bond donors (Lipinski definition) is 1. The van der Waals surface area contributed by atoms with Crippen LogP contribution >= 0.6 is 0 Å². The quantitative estimate of drug-likeness (QED) is 0.703. The van der Waals surface area contributed by atoms with Crippen LogP contribution in [0, 0.1) is 24.7 Å². The zero-order valence-electron chi connectivity index (χ0n) is 19.7. The van der Waals surface area contributed by atoms with E-state index in [2.05, 4.69) is 19.2 Å². The molecule has 0 saturated carbocycles. The van der Waals surface area contributed by atoms with Gasteiger partial charge in [0.25, 0.3) is 0 Å². The number of nitrogens with zero attached hydrogens (tertiary/aromatic N) is 2. The predicted octanol–water partition coefficient (Wildman–Crippen LogP) is 2.80. The zero-order valence-corrected chi connectivity index (χ0v) is 20.5. The molecule has 2 aliphatic rings. The maximum absolute atomic E-state index is 13.0. The lowest BCUT2D eigenvalue weighted by Gasteiger charge is -2.37. The smallest absolute Gasteiger partial charge is 0.243 e. The van der Waals surface area contributed by atoms with Gasteiger partial charge in [-0.15, -0.1) is 0 Å². The van der Waals surface area contributed by atoms with Gasteiger partial charge in [-0.25, -0.2) is 8.42 Å². The maximum atomic E-state index is 13.0. The number of amides is 2. The highest BCUT2D eigenvalue weighted by Gasteiger charge is 2.35. The van der Waals surface area contributed by atoms with Gasteiger partial charge >= 0.3 is 0 Å². The Kier molecular flexibility index (Phi) is 7.98. The monoisotopic (exact) mass is 463 g/mol. The molecular weight excluding hydrogens is 426 g/mol. The van der Waals surface area contributed by atoms with Crippen molar-refractivity contribution in [2.45, 2.75) is 64.3 Å². The fourth-order valence-corrected chi connectivity index (χ4v) is 5.80. The fraction of sp³-hybridized carbons (Fsp3) is 0.667. The van der Waals surface area contributed by atoms with Crippen molar-refractivity contribution in [1.29, 1.82) is 0 Å². The van der Waals surface area contributed by atoms with Crippen LogP contribution < -0.4 is 5.32 Å². The summed E-state index contributed by atoms with van der Waals surface area (Å²) in [5.74, 6) is 0.397. The Balaban J connectivity index is 1.49. The van der Waals surface area contributed by atoms with Crippen molar-refractivity contribution in [2.75, 3.05) is 26.2 Å². The van der Waals surface area contributed by atoms with Crippen LogP contribution in [-0.4, -0.2) is 61.7 Å². The van der Waals surface area contributed by atoms with E-state index in [9.17, 15) is 18.0 Å². The van der Waals surface area contributed by atoms with Crippen molar-refractivity contribution in [3.8, 4) is 0 Å². The van der Waals surface area contributed by atoms with Gasteiger partial charge in [-0.05, 0) is 57.6 Å². The summed E-state index contributed by atoms with van der Waals surface area (Å²) in [7, 11) is -3.52. The molecule has 0 bridgehead atoms. The first-order chi connectivity index (χ1) is 15.1. The van der Waals surface area contributed by atoms with Crippen molar-refractivity contribution in [3.63, 3.8) is 0 Å². The van der Waals surface area contributed by atoms with E-state index >= 15 is 0 Å². The van der Waals surface area contributed by atoms with Crippen molar-refractivity contribution < 1.29 is 18.0 Å². The molecule has 1 aromatic rings. The zero-order chi connectivity index (χ0) is 23.5. The van der Waals surface area contributed by atoms with Gasteiger partial charge in [0, 0.05) is 44.1 Å². The van der Waals surface area contributed by atoms with E-state index in [0.717, 1.165) is 5.56 Å². The number of rotatable bonds is 6. The fourth-order valence-electron chi connectivity index (χ4n) is 4.33. The van der Waals surface area contributed by atoms with Crippen LogP contribution in [0.25, 0.3) is 0 Å². The number of carbonyl (C=O) groups excluding carboxylic acids is 2. The SMILES string of the molecule is Cc1ccc(S(=O)(=O)N2CCC(C(=O)N3CCC(C(=O)N[C@H](C)C(C)C)CC3)CC2)cc1. The molecule has 1 aromatic carbocycles. The number of benzene rings is 1. The van der Waals surface area contributed by atoms with Crippen LogP contribution in [0.3, 0.4) is 0 Å². The molecular formula is C24H37N3O4S. The first-order valence-corrected chi connectivity index (χ1v) is 13.2. The van der Waals surface area contributed by atoms with Crippen molar-refractivity contribution in [2.24, 2.45) is 17.8 Å². The van der Waals surface area contributed by atoms with E-state index < -0.39 is 10.0 Å². The lowest BCUT2D eigenvalue weighted by Crippen LogP contribution is -2.49. The molecule has 2 heterocycles. The molecule has 178 valence electrons. The van der Waals surface area contributed by atoms with Gasteiger partial charge in [0.1, 0.15) is 0 Å². The molecule has 2 fully saturated rings. The molecule has 0 unspecified atom stereocenters. The standard InChI is InChI=1S/C24H37N3O4S/c1-17(2)19(4)25-23(28)20-9-13-26(14-10-20)24(29)21-11-15-27(16-12-21)32(30,31)22-7-5-18(3)6-8-22/h5-8,17,19-21H,9-16H2,1-4H3,(H,25,28)/t19-/m1/s1. The number of nitrogens with one attached hydrogen (secondary N) is 1. The van der Waals surface area contributed by atoms with Crippen LogP contribution in [-0.2, 0) is 19.6 Å². The van der Waals surface area contributed by atoms with E-state index in [0.29, 0.717) is 62.7 Å². The number of aryl methyl sites for hydroxylation is 1. The minimum Gasteiger partial charge on any atom is -0.353 e. The largest absolute Gasteiger partial charge is 0.353 e. The van der Waals surface area contributed by atoms with E-state index in [1.54, 1.807) is 24.3 Å². The molecule has 1 N–H and O–H groups in total. The summed E-state index contributed by atoms with van der Waals surface area (Å²) in [6, 6.07) is 7.03. The highest BCUT2D eigenvalue weighted by Crippen LogP contribution is 2.27. The normalized spacial score (nSPS) is 20.3. The molecule has 7 nitrogen and oxygen atoms in total. The minimum absolute atomic E-state index is 0.0400. The number of carbonyl (C=O) groups is 2. The van der Waals surface area contributed by atoms with E-state index in [1.807, 2.05) is 18.7 Å². The second kappa shape index (κ2) is 10.3. The predicted molar refractivity (Wildman–Crippen MR) is 124 cm³/mol. The Morgan fingerprint density at radius 3 is 1.97 bits per heavy atom. The molecule has 2 saturated heterocycles. The Morgan fingerprint density at radius 2 is 1.44 bits per heavy atom. The Bertz CT molecular complexity index is 898. The number of hydrogen-bond acceptors (Lipinski definition) is 4. The van der Waals surface area contributed by atoms with Crippen LogP contribution in [0.2, 0.25) is 0 Å². The van der Waals surface area contributed by atoms with E-state index in [4.69, 9.17) is 0 Å². The van der Waals surface area contributed by atoms with Crippen LogP contribution in [0.15, 0.2) is 29.2 Å².